The Morgan fingerprint density at radius 3 is 2.84 bits per heavy atom. The molecule has 6 nitrogen and oxygen atoms in total. The van der Waals surface area contributed by atoms with Crippen molar-refractivity contribution in [2.75, 3.05) is 13.7 Å². The summed E-state index contributed by atoms with van der Waals surface area (Å²) in [5.41, 5.74) is 6.81. The van der Waals surface area contributed by atoms with Gasteiger partial charge < -0.3 is 14.6 Å². The van der Waals surface area contributed by atoms with Crippen molar-refractivity contribution < 1.29 is 9.53 Å². The van der Waals surface area contributed by atoms with Crippen molar-refractivity contribution in [3.63, 3.8) is 0 Å². The predicted octanol–water partition coefficient (Wildman–Crippen LogP) is 4.33. The van der Waals surface area contributed by atoms with Gasteiger partial charge in [-0.3, -0.25) is 9.48 Å². The summed E-state index contributed by atoms with van der Waals surface area (Å²) >= 11 is 0. The Bertz CT molecular complexity index is 1290. The molecule has 1 amide bonds. The molecule has 0 saturated heterocycles. The number of hydrogen-bond acceptors (Lipinski definition) is 3. The van der Waals surface area contributed by atoms with Gasteiger partial charge >= 0.3 is 0 Å². The Hall–Kier alpha value is -3.54. The molecule has 1 unspecified atom stereocenters. The van der Waals surface area contributed by atoms with Crippen molar-refractivity contribution in [1.82, 2.24) is 19.7 Å². The Labute approximate surface area is 187 Å². The van der Waals surface area contributed by atoms with E-state index in [1.807, 2.05) is 43.4 Å². The maximum Gasteiger partial charge on any atom is 0.223 e. The van der Waals surface area contributed by atoms with Crippen LogP contribution in [0, 0.1) is 6.92 Å². The third kappa shape index (κ3) is 3.55. The van der Waals surface area contributed by atoms with Gasteiger partial charge in [-0.2, -0.15) is 5.10 Å². The second kappa shape index (κ2) is 8.19. The minimum atomic E-state index is -0.142. The summed E-state index contributed by atoms with van der Waals surface area (Å²) in [5, 5.41) is 5.47. The fourth-order valence-corrected chi connectivity index (χ4v) is 4.92. The lowest BCUT2D eigenvalue weighted by Gasteiger charge is -2.36. The largest absolute Gasteiger partial charge is 0.496 e. The third-order valence-corrected chi connectivity index (χ3v) is 6.48. The van der Waals surface area contributed by atoms with Gasteiger partial charge in [0.05, 0.1) is 19.3 Å². The summed E-state index contributed by atoms with van der Waals surface area (Å²) in [5.74, 6) is 1.02. The summed E-state index contributed by atoms with van der Waals surface area (Å²) in [6.45, 7) is 2.75. The van der Waals surface area contributed by atoms with E-state index in [1.54, 1.807) is 11.8 Å². The molecule has 0 bridgehead atoms. The molecule has 0 spiro atoms. The fraction of sp³-hybridized carbons (Fsp3) is 0.308. The Balaban J connectivity index is 1.53. The van der Waals surface area contributed by atoms with Crippen LogP contribution >= 0.6 is 0 Å². The van der Waals surface area contributed by atoms with Crippen molar-refractivity contribution in [1.29, 1.82) is 0 Å². The van der Waals surface area contributed by atoms with Crippen molar-refractivity contribution in [2.45, 2.75) is 32.2 Å². The van der Waals surface area contributed by atoms with E-state index >= 15 is 0 Å². The number of aromatic nitrogens is 3. The molecule has 2 aromatic heterocycles. The highest BCUT2D eigenvalue weighted by Crippen LogP contribution is 2.39. The molecular weight excluding hydrogens is 400 g/mol. The van der Waals surface area contributed by atoms with Crippen LogP contribution in [0.3, 0.4) is 0 Å². The van der Waals surface area contributed by atoms with E-state index < -0.39 is 0 Å². The zero-order chi connectivity index (χ0) is 22.2. The van der Waals surface area contributed by atoms with Gasteiger partial charge in [0.1, 0.15) is 5.75 Å². The second-order valence-electron chi connectivity index (χ2n) is 8.55. The van der Waals surface area contributed by atoms with Gasteiger partial charge in [-0.25, -0.2) is 0 Å². The number of aryl methyl sites for hydroxylation is 3. The van der Waals surface area contributed by atoms with E-state index in [4.69, 9.17) is 4.74 Å². The summed E-state index contributed by atoms with van der Waals surface area (Å²) < 4.78 is 7.25. The molecule has 1 aliphatic heterocycles. The van der Waals surface area contributed by atoms with Crippen LogP contribution in [0.1, 0.15) is 40.4 Å². The number of carbonyl (C=O) groups excluding carboxylic acids is 1. The number of benzene rings is 2. The van der Waals surface area contributed by atoms with Crippen LogP contribution in [0.25, 0.3) is 10.9 Å². The maximum atomic E-state index is 13.5. The van der Waals surface area contributed by atoms with Gasteiger partial charge in [0.25, 0.3) is 0 Å². The number of methoxy groups -OCH3 is 1. The molecule has 32 heavy (non-hydrogen) atoms. The number of H-pyrrole nitrogens is 1. The highest BCUT2D eigenvalue weighted by Gasteiger charge is 2.34. The SMILES string of the molecule is COc1ccc(C2c3[nH]c4ccccc4c3CCN2C(=O)CCc2cnn(C)c2)cc1C. The normalized spacial score (nSPS) is 15.7. The average Bonchev–Trinajstić information content (AvgIpc) is 3.39. The third-order valence-electron chi connectivity index (χ3n) is 6.48. The van der Waals surface area contributed by atoms with Gasteiger partial charge in [0.2, 0.25) is 5.91 Å². The number of nitrogens with one attached hydrogen (secondary N) is 1. The standard InChI is InChI=1S/C26H28N4O2/c1-17-14-19(9-10-23(17)32-3)26-25-21(20-6-4-5-7-22(20)28-25)12-13-30(26)24(31)11-8-18-15-27-29(2)16-18/h4-7,9-10,14-16,26,28H,8,11-13H2,1-3H3. The molecule has 0 saturated carbocycles. The first-order valence-electron chi connectivity index (χ1n) is 11.1. The van der Waals surface area contributed by atoms with Gasteiger partial charge in [-0.15, -0.1) is 0 Å². The number of para-hydroxylation sites is 1. The molecule has 5 rings (SSSR count). The van der Waals surface area contributed by atoms with Crippen molar-refractivity contribution >= 4 is 16.8 Å². The number of amides is 1. The highest BCUT2D eigenvalue weighted by atomic mass is 16.5. The molecular formula is C26H28N4O2. The average molecular weight is 429 g/mol. The Kier molecular flexibility index (Phi) is 5.21. The smallest absolute Gasteiger partial charge is 0.223 e. The van der Waals surface area contributed by atoms with Crippen LogP contribution in [-0.2, 0) is 24.7 Å². The van der Waals surface area contributed by atoms with Gasteiger partial charge in [0, 0.05) is 42.8 Å². The van der Waals surface area contributed by atoms with E-state index in [0.29, 0.717) is 19.4 Å². The predicted molar refractivity (Wildman–Crippen MR) is 125 cm³/mol. The monoisotopic (exact) mass is 428 g/mol. The molecule has 164 valence electrons. The molecule has 1 N–H and O–H groups in total. The molecule has 0 aliphatic carbocycles. The molecule has 0 radical (unpaired) electrons. The van der Waals surface area contributed by atoms with Gasteiger partial charge in [0.15, 0.2) is 0 Å². The molecule has 3 heterocycles. The van der Waals surface area contributed by atoms with Crippen molar-refractivity contribution in [2.24, 2.45) is 7.05 Å². The summed E-state index contributed by atoms with van der Waals surface area (Å²) in [4.78, 5) is 19.1. The Morgan fingerprint density at radius 2 is 2.09 bits per heavy atom. The molecule has 6 heteroatoms. The number of fused-ring (bicyclic) bond motifs is 3. The number of nitrogens with zero attached hydrogens (tertiary/aromatic N) is 3. The van der Waals surface area contributed by atoms with Crippen LogP contribution in [-0.4, -0.2) is 39.2 Å². The van der Waals surface area contributed by atoms with E-state index in [0.717, 1.165) is 40.1 Å². The van der Waals surface area contributed by atoms with E-state index in [-0.39, 0.29) is 11.9 Å². The molecule has 1 aliphatic rings. The number of rotatable bonds is 5. The lowest BCUT2D eigenvalue weighted by molar-refractivity contribution is -0.133. The van der Waals surface area contributed by atoms with E-state index in [2.05, 4.69) is 40.4 Å². The number of aromatic amines is 1. The summed E-state index contributed by atoms with van der Waals surface area (Å²) in [6, 6.07) is 14.5. The Morgan fingerprint density at radius 1 is 1.25 bits per heavy atom. The lowest BCUT2D eigenvalue weighted by atomic mass is 9.91. The van der Waals surface area contributed by atoms with Gasteiger partial charge in [-0.05, 0) is 60.2 Å². The van der Waals surface area contributed by atoms with Crippen molar-refractivity contribution in [3.05, 3.63) is 82.8 Å². The first kappa shape index (κ1) is 20.4. The molecule has 1 atom stereocenters. The second-order valence-corrected chi connectivity index (χ2v) is 8.55. The zero-order valence-electron chi connectivity index (χ0n) is 18.8. The van der Waals surface area contributed by atoms with Crippen LogP contribution in [0.5, 0.6) is 5.75 Å². The maximum absolute atomic E-state index is 13.5. The number of hydrogen-bond donors (Lipinski definition) is 1. The fourth-order valence-electron chi connectivity index (χ4n) is 4.92. The van der Waals surface area contributed by atoms with Gasteiger partial charge in [-0.1, -0.05) is 24.3 Å². The van der Waals surface area contributed by atoms with Crippen molar-refractivity contribution in [3.8, 4) is 5.75 Å². The topological polar surface area (TPSA) is 63.1 Å². The first-order valence-corrected chi connectivity index (χ1v) is 11.1. The molecule has 4 aromatic rings. The van der Waals surface area contributed by atoms with Crippen LogP contribution in [0.15, 0.2) is 54.9 Å². The van der Waals surface area contributed by atoms with Crippen LogP contribution in [0.4, 0.5) is 0 Å². The number of ether oxygens (including phenoxy) is 1. The lowest BCUT2D eigenvalue weighted by Crippen LogP contribution is -2.40. The quantitative estimate of drug-likeness (QED) is 0.515. The zero-order valence-corrected chi connectivity index (χ0v) is 18.8. The van der Waals surface area contributed by atoms with Crippen LogP contribution < -0.4 is 4.74 Å². The molecule has 2 aromatic carbocycles. The van der Waals surface area contributed by atoms with E-state index in [1.165, 1.54) is 10.9 Å². The summed E-state index contributed by atoms with van der Waals surface area (Å²) in [6.07, 6.45) is 5.82. The summed E-state index contributed by atoms with van der Waals surface area (Å²) in [7, 11) is 3.59. The molecule has 0 fully saturated rings. The minimum Gasteiger partial charge on any atom is -0.496 e. The highest BCUT2D eigenvalue weighted by molar-refractivity contribution is 5.86. The van der Waals surface area contributed by atoms with E-state index in [9.17, 15) is 4.79 Å². The van der Waals surface area contributed by atoms with Crippen LogP contribution in [0.2, 0.25) is 0 Å². The minimum absolute atomic E-state index is 0.142. The first-order chi connectivity index (χ1) is 15.5. The number of carbonyl (C=O) groups is 1.